The van der Waals surface area contributed by atoms with Crippen molar-refractivity contribution in [3.8, 4) is 0 Å². The average molecular weight is 643 g/mol. The van der Waals surface area contributed by atoms with Crippen LogP contribution in [0.15, 0.2) is 98.9 Å². The summed E-state index contributed by atoms with van der Waals surface area (Å²) in [6.07, 6.45) is 6.40. The lowest BCUT2D eigenvalue weighted by Gasteiger charge is -2.34. The van der Waals surface area contributed by atoms with Gasteiger partial charge in [0.1, 0.15) is 11.7 Å². The van der Waals surface area contributed by atoms with E-state index < -0.39 is 40.9 Å². The SMILES string of the molecule is CCCCCCCC(CCCC)OC(=O)N(C(=O)C(OC)(C(=O)c1ccccc1)n1c(=O)oc2ccccc2c1=O)c1ccccc1. The monoisotopic (exact) mass is 642 g/mol. The highest BCUT2D eigenvalue weighted by Gasteiger charge is 2.55. The molecule has 0 aliphatic heterocycles. The Bertz CT molecular complexity index is 1770. The van der Waals surface area contributed by atoms with Gasteiger partial charge in [-0.1, -0.05) is 113 Å². The number of imide groups is 1. The summed E-state index contributed by atoms with van der Waals surface area (Å²) in [4.78, 5) is 71.8. The largest absolute Gasteiger partial charge is 0.446 e. The van der Waals surface area contributed by atoms with Gasteiger partial charge >= 0.3 is 11.8 Å². The topological polar surface area (TPSA) is 125 Å². The number of hydrogen-bond acceptors (Lipinski definition) is 8. The molecule has 0 spiro atoms. The number of Topliss-reactive ketones (excluding diaryl/α,β-unsaturated/α-hetero) is 1. The number of para-hydroxylation sites is 2. The summed E-state index contributed by atoms with van der Waals surface area (Å²) in [5, 5.41) is -0.0706. The summed E-state index contributed by atoms with van der Waals surface area (Å²) in [6, 6.07) is 21.5. The Kier molecular flexibility index (Phi) is 12.4. The Morgan fingerprint density at radius 3 is 2.04 bits per heavy atom. The lowest BCUT2D eigenvalue weighted by atomic mass is 9.97. The van der Waals surface area contributed by atoms with E-state index in [1.54, 1.807) is 48.5 Å². The number of amides is 2. The highest BCUT2D eigenvalue weighted by Crippen LogP contribution is 2.29. The zero-order valence-electron chi connectivity index (χ0n) is 27.2. The van der Waals surface area contributed by atoms with E-state index in [0.29, 0.717) is 22.3 Å². The number of aromatic nitrogens is 1. The number of ketones is 1. The van der Waals surface area contributed by atoms with Crippen LogP contribution in [0, 0.1) is 0 Å². The van der Waals surface area contributed by atoms with Crippen LogP contribution in [-0.2, 0) is 20.0 Å². The van der Waals surface area contributed by atoms with E-state index in [9.17, 15) is 24.0 Å². The van der Waals surface area contributed by atoms with Crippen molar-refractivity contribution < 1.29 is 28.3 Å². The predicted molar refractivity (Wildman–Crippen MR) is 180 cm³/mol. The lowest BCUT2D eigenvalue weighted by Crippen LogP contribution is -2.64. The molecule has 0 radical (unpaired) electrons. The van der Waals surface area contributed by atoms with Crippen LogP contribution in [0.1, 0.15) is 82.0 Å². The number of methoxy groups -OCH3 is 1. The number of unbranched alkanes of at least 4 members (excludes halogenated alkanes) is 5. The molecule has 0 N–H and O–H groups in total. The molecule has 0 fully saturated rings. The summed E-state index contributed by atoms with van der Waals surface area (Å²) in [6.45, 7) is 4.18. The van der Waals surface area contributed by atoms with Crippen LogP contribution in [0.4, 0.5) is 10.5 Å². The molecule has 0 aliphatic rings. The third-order valence-corrected chi connectivity index (χ3v) is 8.12. The van der Waals surface area contributed by atoms with E-state index in [2.05, 4.69) is 6.92 Å². The van der Waals surface area contributed by atoms with Crippen molar-refractivity contribution in [2.45, 2.75) is 83.5 Å². The molecule has 0 bridgehead atoms. The second-order valence-electron chi connectivity index (χ2n) is 11.4. The molecule has 47 heavy (non-hydrogen) atoms. The van der Waals surface area contributed by atoms with Crippen LogP contribution in [-0.4, -0.2) is 35.6 Å². The van der Waals surface area contributed by atoms with E-state index in [1.807, 2.05) is 6.92 Å². The molecular weight excluding hydrogens is 600 g/mol. The molecule has 4 aromatic rings. The fraction of sp³-hybridized carbons (Fsp3) is 0.378. The van der Waals surface area contributed by atoms with Crippen molar-refractivity contribution in [1.82, 2.24) is 4.57 Å². The highest BCUT2D eigenvalue weighted by atomic mass is 16.6. The minimum absolute atomic E-state index is 0.0413. The Hall–Kier alpha value is -4.83. The summed E-state index contributed by atoms with van der Waals surface area (Å²) < 4.78 is 17.5. The number of benzene rings is 3. The van der Waals surface area contributed by atoms with Gasteiger partial charge in [-0.3, -0.25) is 14.4 Å². The van der Waals surface area contributed by atoms with E-state index in [0.717, 1.165) is 52.1 Å². The number of ether oxygens (including phenoxy) is 2. The molecule has 3 aromatic carbocycles. The van der Waals surface area contributed by atoms with Gasteiger partial charge in [-0.2, -0.15) is 4.57 Å². The second kappa shape index (κ2) is 16.6. The quantitative estimate of drug-likeness (QED) is 0.0712. The number of carbonyl (C=O) groups excluding carboxylic acids is 3. The highest BCUT2D eigenvalue weighted by molar-refractivity contribution is 6.25. The number of carbonyl (C=O) groups is 3. The van der Waals surface area contributed by atoms with Crippen molar-refractivity contribution in [3.63, 3.8) is 0 Å². The Morgan fingerprint density at radius 2 is 1.38 bits per heavy atom. The molecule has 4 rings (SSSR count). The first-order valence-corrected chi connectivity index (χ1v) is 16.2. The van der Waals surface area contributed by atoms with Crippen molar-refractivity contribution >= 4 is 34.4 Å². The zero-order valence-corrected chi connectivity index (χ0v) is 27.2. The molecule has 2 unspecified atom stereocenters. The first kappa shape index (κ1) is 35.0. The number of fused-ring (bicyclic) bond motifs is 1. The fourth-order valence-electron chi connectivity index (χ4n) is 5.60. The van der Waals surface area contributed by atoms with Crippen LogP contribution >= 0.6 is 0 Å². The normalized spacial score (nSPS) is 13.1. The van der Waals surface area contributed by atoms with Crippen molar-refractivity contribution in [2.24, 2.45) is 0 Å². The number of hydrogen-bond donors (Lipinski definition) is 0. The van der Waals surface area contributed by atoms with E-state index in [-0.39, 0.29) is 22.2 Å². The maximum atomic E-state index is 15.0. The van der Waals surface area contributed by atoms with Gasteiger partial charge in [0.25, 0.3) is 17.2 Å². The van der Waals surface area contributed by atoms with Crippen LogP contribution in [0.5, 0.6) is 0 Å². The lowest BCUT2D eigenvalue weighted by molar-refractivity contribution is -0.146. The standard InChI is InChI=1S/C37H42N2O8/c1-4-6-8-9-16-24-29(23-7-5-2)46-35(43)38(28-21-14-11-15-22-28)34(42)37(45-3,32(40)27-19-12-10-13-20-27)39-33(41)30-25-17-18-26-31(30)47-36(39)44/h10-15,17-22,25-26,29H,4-9,16,23-24H2,1-3H3. The molecule has 2 atom stereocenters. The molecule has 248 valence electrons. The molecule has 2 amide bonds. The van der Waals surface area contributed by atoms with Gasteiger partial charge in [0, 0.05) is 12.7 Å². The Balaban J connectivity index is 1.88. The van der Waals surface area contributed by atoms with Gasteiger partial charge in [-0.25, -0.2) is 14.5 Å². The molecule has 10 heteroatoms. The van der Waals surface area contributed by atoms with Gasteiger partial charge in [0.15, 0.2) is 0 Å². The molecule has 1 aromatic heterocycles. The first-order chi connectivity index (χ1) is 22.8. The smallest absolute Gasteiger partial charge is 0.425 e. The molecule has 0 aliphatic carbocycles. The van der Waals surface area contributed by atoms with Crippen LogP contribution < -0.4 is 16.2 Å². The van der Waals surface area contributed by atoms with E-state index in [1.165, 1.54) is 36.4 Å². The maximum absolute atomic E-state index is 15.0. The summed E-state index contributed by atoms with van der Waals surface area (Å²) in [5.74, 6) is -3.68. The molecule has 0 saturated heterocycles. The number of rotatable bonds is 16. The van der Waals surface area contributed by atoms with Gasteiger partial charge in [-0.15, -0.1) is 0 Å². The van der Waals surface area contributed by atoms with Gasteiger partial charge in [0.05, 0.1) is 11.1 Å². The van der Waals surface area contributed by atoms with E-state index in [4.69, 9.17) is 13.9 Å². The summed E-state index contributed by atoms with van der Waals surface area (Å²) in [5.41, 5.74) is -4.03. The molecule has 0 saturated carbocycles. The third kappa shape index (κ3) is 7.77. The second-order valence-corrected chi connectivity index (χ2v) is 11.4. The number of anilines is 1. The van der Waals surface area contributed by atoms with Gasteiger partial charge in [-0.05, 0) is 43.5 Å². The Labute approximate surface area is 273 Å². The molecule has 1 heterocycles. The van der Waals surface area contributed by atoms with Crippen LogP contribution in [0.25, 0.3) is 11.0 Å². The average Bonchev–Trinajstić information content (AvgIpc) is 3.09. The molecule has 10 nitrogen and oxygen atoms in total. The summed E-state index contributed by atoms with van der Waals surface area (Å²) >= 11 is 0. The predicted octanol–water partition coefficient (Wildman–Crippen LogP) is 7.23. The van der Waals surface area contributed by atoms with Crippen molar-refractivity contribution in [2.75, 3.05) is 12.0 Å². The minimum Gasteiger partial charge on any atom is -0.446 e. The van der Waals surface area contributed by atoms with Crippen LogP contribution in [0.3, 0.4) is 0 Å². The number of nitrogens with zero attached hydrogens (tertiary/aromatic N) is 2. The van der Waals surface area contributed by atoms with Gasteiger partial charge in [0.2, 0.25) is 5.78 Å². The first-order valence-electron chi connectivity index (χ1n) is 16.2. The van der Waals surface area contributed by atoms with E-state index >= 15 is 0 Å². The van der Waals surface area contributed by atoms with Crippen LogP contribution in [0.2, 0.25) is 0 Å². The van der Waals surface area contributed by atoms with Gasteiger partial charge < -0.3 is 13.9 Å². The molecular formula is C37H42N2O8. The van der Waals surface area contributed by atoms with Crippen molar-refractivity contribution in [1.29, 1.82) is 0 Å². The van der Waals surface area contributed by atoms with Crippen molar-refractivity contribution in [3.05, 3.63) is 111 Å². The zero-order chi connectivity index (χ0) is 33.8. The maximum Gasteiger partial charge on any atom is 0.425 e. The Morgan fingerprint density at radius 1 is 0.787 bits per heavy atom. The minimum atomic E-state index is -2.99. The fourth-order valence-corrected chi connectivity index (χ4v) is 5.60. The third-order valence-electron chi connectivity index (χ3n) is 8.12. The summed E-state index contributed by atoms with van der Waals surface area (Å²) in [7, 11) is 1.02.